The van der Waals surface area contributed by atoms with E-state index < -0.39 is 0 Å². The van der Waals surface area contributed by atoms with E-state index in [0.717, 1.165) is 28.2 Å². The summed E-state index contributed by atoms with van der Waals surface area (Å²) in [6.07, 6.45) is 1.85. The Labute approximate surface area is 151 Å². The van der Waals surface area contributed by atoms with Crippen LogP contribution in [0.1, 0.15) is 5.56 Å². The Morgan fingerprint density at radius 1 is 0.800 bits per heavy atom. The van der Waals surface area contributed by atoms with Crippen LogP contribution in [0.3, 0.4) is 0 Å². The van der Waals surface area contributed by atoms with Gasteiger partial charge in [0, 0.05) is 34.4 Å². The molecule has 0 amide bonds. The molecule has 25 heavy (non-hydrogen) atoms. The molecule has 0 fully saturated rings. The van der Waals surface area contributed by atoms with Gasteiger partial charge < -0.3 is 4.90 Å². The van der Waals surface area contributed by atoms with Gasteiger partial charge in [-0.15, -0.1) is 0 Å². The third kappa shape index (κ3) is 2.30. The lowest BCUT2D eigenvalue weighted by Gasteiger charge is -2.33. The van der Waals surface area contributed by atoms with Crippen LogP contribution >= 0.6 is 11.6 Å². The van der Waals surface area contributed by atoms with Crippen molar-refractivity contribution in [3.8, 4) is 11.1 Å². The second kappa shape index (κ2) is 5.61. The molecule has 2 nitrogen and oxygen atoms in total. The highest BCUT2D eigenvalue weighted by Crippen LogP contribution is 2.44. The molecule has 0 unspecified atom stereocenters. The first-order valence-electron chi connectivity index (χ1n) is 8.30. The summed E-state index contributed by atoms with van der Waals surface area (Å²) in [6, 6.07) is 25.1. The van der Waals surface area contributed by atoms with Crippen molar-refractivity contribution < 1.29 is 0 Å². The number of aromatic nitrogens is 1. The number of para-hydroxylation sites is 2. The van der Waals surface area contributed by atoms with Crippen LogP contribution in [0.25, 0.3) is 22.0 Å². The number of anilines is 2. The summed E-state index contributed by atoms with van der Waals surface area (Å²) in [5.41, 5.74) is 7.06. The molecule has 0 spiro atoms. The Bertz CT molecular complexity index is 1100. The fraction of sp³-hybridized carbons (Fsp3) is 0.0455. The fourth-order valence-electron chi connectivity index (χ4n) is 3.67. The van der Waals surface area contributed by atoms with Gasteiger partial charge in [-0.1, -0.05) is 54.1 Å². The van der Waals surface area contributed by atoms with Gasteiger partial charge in [0.05, 0.1) is 11.2 Å². The van der Waals surface area contributed by atoms with E-state index in [4.69, 9.17) is 11.6 Å². The van der Waals surface area contributed by atoms with Gasteiger partial charge in [-0.2, -0.15) is 0 Å². The molecule has 0 saturated heterocycles. The van der Waals surface area contributed by atoms with Crippen molar-refractivity contribution in [2.24, 2.45) is 0 Å². The van der Waals surface area contributed by atoms with Crippen LogP contribution in [0, 0.1) is 0 Å². The summed E-state index contributed by atoms with van der Waals surface area (Å²) in [6.45, 7) is 0.780. The Hall–Kier alpha value is -2.84. The largest absolute Gasteiger partial charge is 0.335 e. The molecule has 0 radical (unpaired) electrons. The van der Waals surface area contributed by atoms with Crippen LogP contribution in [-0.4, -0.2) is 4.98 Å². The van der Waals surface area contributed by atoms with E-state index in [1.54, 1.807) is 0 Å². The van der Waals surface area contributed by atoms with Crippen molar-refractivity contribution in [1.29, 1.82) is 0 Å². The standard InChI is InChI=1S/C22H15ClN2/c23-17-10-11-18-16(13-17)14-25(20-8-2-1-7-19(18)20)21-9-3-5-15-6-4-12-24-22(15)21/h1-13H,14H2. The molecule has 1 aliphatic rings. The van der Waals surface area contributed by atoms with Gasteiger partial charge in [0.25, 0.3) is 0 Å². The van der Waals surface area contributed by atoms with E-state index in [-0.39, 0.29) is 0 Å². The zero-order valence-corrected chi connectivity index (χ0v) is 14.2. The molecule has 2 heterocycles. The Balaban J connectivity index is 1.78. The number of hydrogen-bond donors (Lipinski definition) is 0. The monoisotopic (exact) mass is 342 g/mol. The highest BCUT2D eigenvalue weighted by Gasteiger charge is 2.24. The van der Waals surface area contributed by atoms with Gasteiger partial charge in [0.15, 0.2) is 0 Å². The summed E-state index contributed by atoms with van der Waals surface area (Å²) < 4.78 is 0. The van der Waals surface area contributed by atoms with Gasteiger partial charge in [-0.3, -0.25) is 4.98 Å². The number of hydrogen-bond acceptors (Lipinski definition) is 2. The lowest BCUT2D eigenvalue weighted by molar-refractivity contribution is 0.964. The van der Waals surface area contributed by atoms with Gasteiger partial charge >= 0.3 is 0 Å². The van der Waals surface area contributed by atoms with Crippen LogP contribution in [-0.2, 0) is 6.54 Å². The number of halogens is 1. The number of pyridine rings is 1. The minimum Gasteiger partial charge on any atom is -0.335 e. The van der Waals surface area contributed by atoms with Crippen LogP contribution in [0.5, 0.6) is 0 Å². The predicted octanol–water partition coefficient (Wildman–Crippen LogP) is 6.21. The average molecular weight is 343 g/mol. The second-order valence-electron chi connectivity index (χ2n) is 6.26. The number of fused-ring (bicyclic) bond motifs is 4. The normalized spacial score (nSPS) is 12.8. The minimum absolute atomic E-state index is 0.772. The molecule has 3 heteroatoms. The summed E-state index contributed by atoms with van der Waals surface area (Å²) in [5, 5.41) is 1.92. The molecule has 0 aliphatic carbocycles. The third-order valence-electron chi connectivity index (χ3n) is 4.78. The summed E-state index contributed by atoms with van der Waals surface area (Å²) >= 11 is 6.26. The molecular formula is C22H15ClN2. The maximum atomic E-state index is 6.26. The predicted molar refractivity (Wildman–Crippen MR) is 104 cm³/mol. The summed E-state index contributed by atoms with van der Waals surface area (Å²) in [7, 11) is 0. The van der Waals surface area contributed by atoms with Crippen molar-refractivity contribution in [2.75, 3.05) is 4.90 Å². The van der Waals surface area contributed by atoms with Gasteiger partial charge in [0.2, 0.25) is 0 Å². The van der Waals surface area contributed by atoms with Crippen LogP contribution in [0.15, 0.2) is 79.0 Å². The topological polar surface area (TPSA) is 16.1 Å². The third-order valence-corrected chi connectivity index (χ3v) is 5.02. The van der Waals surface area contributed by atoms with E-state index in [1.807, 2.05) is 18.3 Å². The average Bonchev–Trinajstić information content (AvgIpc) is 2.66. The molecule has 5 rings (SSSR count). The quantitative estimate of drug-likeness (QED) is 0.409. The smallest absolute Gasteiger partial charge is 0.0938 e. The van der Waals surface area contributed by atoms with Crippen LogP contribution < -0.4 is 4.90 Å². The Morgan fingerprint density at radius 2 is 1.64 bits per heavy atom. The minimum atomic E-state index is 0.772. The molecule has 0 N–H and O–H groups in total. The maximum absolute atomic E-state index is 6.26. The van der Waals surface area contributed by atoms with E-state index in [9.17, 15) is 0 Å². The summed E-state index contributed by atoms with van der Waals surface area (Å²) in [4.78, 5) is 6.97. The molecule has 0 atom stereocenters. The first-order chi connectivity index (χ1) is 12.3. The van der Waals surface area contributed by atoms with E-state index >= 15 is 0 Å². The molecule has 3 aromatic carbocycles. The molecule has 0 saturated carbocycles. The van der Waals surface area contributed by atoms with Crippen LogP contribution in [0.2, 0.25) is 5.02 Å². The Morgan fingerprint density at radius 3 is 2.60 bits per heavy atom. The molecule has 1 aromatic heterocycles. The first-order valence-corrected chi connectivity index (χ1v) is 8.68. The van der Waals surface area contributed by atoms with Gasteiger partial charge in [-0.25, -0.2) is 0 Å². The van der Waals surface area contributed by atoms with Gasteiger partial charge in [-0.05, 0) is 41.5 Å². The molecule has 120 valence electrons. The maximum Gasteiger partial charge on any atom is 0.0938 e. The van der Waals surface area contributed by atoms with Crippen molar-refractivity contribution in [3.05, 3.63) is 89.6 Å². The second-order valence-corrected chi connectivity index (χ2v) is 6.69. The fourth-order valence-corrected chi connectivity index (χ4v) is 3.86. The van der Waals surface area contributed by atoms with Crippen molar-refractivity contribution in [3.63, 3.8) is 0 Å². The van der Waals surface area contributed by atoms with Crippen molar-refractivity contribution in [1.82, 2.24) is 4.98 Å². The van der Waals surface area contributed by atoms with E-state index in [1.165, 1.54) is 22.4 Å². The number of nitrogens with zero attached hydrogens (tertiary/aromatic N) is 2. The van der Waals surface area contributed by atoms with Gasteiger partial charge in [0.1, 0.15) is 0 Å². The number of rotatable bonds is 1. The van der Waals surface area contributed by atoms with Crippen LogP contribution in [0.4, 0.5) is 11.4 Å². The molecule has 0 bridgehead atoms. The van der Waals surface area contributed by atoms with Crippen molar-refractivity contribution in [2.45, 2.75) is 6.54 Å². The van der Waals surface area contributed by atoms with Crippen molar-refractivity contribution >= 4 is 33.9 Å². The lowest BCUT2D eigenvalue weighted by Crippen LogP contribution is -2.21. The summed E-state index contributed by atoms with van der Waals surface area (Å²) in [5.74, 6) is 0. The zero-order valence-electron chi connectivity index (χ0n) is 13.5. The first kappa shape index (κ1) is 14.5. The molecular weight excluding hydrogens is 328 g/mol. The SMILES string of the molecule is Clc1ccc2c(c1)CN(c1cccc3cccnc13)c1ccccc1-2. The lowest BCUT2D eigenvalue weighted by atomic mass is 9.93. The van der Waals surface area contributed by atoms with E-state index in [2.05, 4.69) is 70.5 Å². The highest BCUT2D eigenvalue weighted by atomic mass is 35.5. The zero-order chi connectivity index (χ0) is 16.8. The molecule has 1 aliphatic heterocycles. The van der Waals surface area contributed by atoms with E-state index in [0.29, 0.717) is 0 Å². The molecule has 4 aromatic rings. The highest BCUT2D eigenvalue weighted by molar-refractivity contribution is 6.30. The number of benzene rings is 3. The Kier molecular flexibility index (Phi) is 3.25.